The zero-order valence-electron chi connectivity index (χ0n) is 14.8. The van der Waals surface area contributed by atoms with Gasteiger partial charge in [0.25, 0.3) is 0 Å². The lowest BCUT2D eigenvalue weighted by Crippen LogP contribution is -2.51. The highest BCUT2D eigenvalue weighted by Gasteiger charge is 2.28. The number of halogens is 2. The summed E-state index contributed by atoms with van der Waals surface area (Å²) in [5.74, 6) is 0.431. The van der Waals surface area contributed by atoms with E-state index in [-0.39, 0.29) is 30.2 Å². The van der Waals surface area contributed by atoms with Crippen LogP contribution < -0.4 is 10.6 Å². The van der Waals surface area contributed by atoms with Gasteiger partial charge in [0.2, 0.25) is 5.91 Å². The Hall–Kier alpha value is -1.17. The van der Waals surface area contributed by atoms with Crippen LogP contribution in [0.25, 0.3) is 0 Å². The first kappa shape index (κ1) is 20.1. The van der Waals surface area contributed by atoms with Crippen molar-refractivity contribution in [2.45, 2.75) is 44.7 Å². The molecule has 6 heteroatoms. The van der Waals surface area contributed by atoms with Crippen molar-refractivity contribution in [1.29, 1.82) is 0 Å². The standard InChI is InChI=1S/C19H28FN3O.ClH/c1-14-5-2-3-8-17(14)22-19(24)13-23-10-9-21-12-18(23)15-6-4-7-16(20)11-15;/h4,6-7,11,14,17-18,21H,2-3,5,8-10,12-13H2,1H3,(H,22,24);1H. The third kappa shape index (κ3) is 5.40. The lowest BCUT2D eigenvalue weighted by molar-refractivity contribution is -0.124. The zero-order chi connectivity index (χ0) is 16.9. The Kier molecular flexibility index (Phi) is 7.66. The molecule has 0 aromatic heterocycles. The van der Waals surface area contributed by atoms with E-state index in [0.717, 1.165) is 31.6 Å². The van der Waals surface area contributed by atoms with E-state index in [9.17, 15) is 9.18 Å². The molecule has 25 heavy (non-hydrogen) atoms. The van der Waals surface area contributed by atoms with E-state index in [2.05, 4.69) is 22.5 Å². The number of piperazine rings is 1. The molecule has 0 bridgehead atoms. The van der Waals surface area contributed by atoms with Gasteiger partial charge in [-0.15, -0.1) is 12.4 Å². The summed E-state index contributed by atoms with van der Waals surface area (Å²) in [7, 11) is 0. The monoisotopic (exact) mass is 369 g/mol. The normalized spacial score (nSPS) is 27.4. The number of nitrogens with one attached hydrogen (secondary N) is 2. The van der Waals surface area contributed by atoms with Gasteiger partial charge in [-0.1, -0.05) is 31.9 Å². The quantitative estimate of drug-likeness (QED) is 0.857. The van der Waals surface area contributed by atoms with Crippen molar-refractivity contribution in [2.75, 3.05) is 26.2 Å². The van der Waals surface area contributed by atoms with E-state index in [0.29, 0.717) is 18.5 Å². The molecule has 2 aliphatic rings. The van der Waals surface area contributed by atoms with Crippen molar-refractivity contribution in [3.05, 3.63) is 35.6 Å². The largest absolute Gasteiger partial charge is 0.352 e. The van der Waals surface area contributed by atoms with Crippen LogP contribution in [-0.4, -0.2) is 43.0 Å². The highest BCUT2D eigenvalue weighted by molar-refractivity contribution is 5.85. The Morgan fingerprint density at radius 2 is 2.16 bits per heavy atom. The Labute approximate surface area is 156 Å². The van der Waals surface area contributed by atoms with Gasteiger partial charge in [0.05, 0.1) is 6.54 Å². The van der Waals surface area contributed by atoms with Crippen molar-refractivity contribution < 1.29 is 9.18 Å². The maximum atomic E-state index is 13.5. The van der Waals surface area contributed by atoms with Gasteiger partial charge in [-0.3, -0.25) is 9.69 Å². The Bertz CT molecular complexity index is 571. The minimum atomic E-state index is -0.224. The van der Waals surface area contributed by atoms with Crippen LogP contribution in [0.1, 0.15) is 44.2 Å². The fourth-order valence-corrected chi connectivity index (χ4v) is 3.95. The highest BCUT2D eigenvalue weighted by atomic mass is 35.5. The zero-order valence-corrected chi connectivity index (χ0v) is 15.7. The van der Waals surface area contributed by atoms with Gasteiger partial charge < -0.3 is 10.6 Å². The second kappa shape index (κ2) is 9.51. The lowest BCUT2D eigenvalue weighted by atomic mass is 9.86. The molecule has 1 amide bonds. The summed E-state index contributed by atoms with van der Waals surface area (Å²) in [6, 6.07) is 7.06. The molecule has 0 radical (unpaired) electrons. The minimum Gasteiger partial charge on any atom is -0.352 e. The molecule has 0 spiro atoms. The molecule has 3 atom stereocenters. The third-order valence-electron chi connectivity index (χ3n) is 5.39. The molecule has 1 aromatic rings. The van der Waals surface area contributed by atoms with E-state index in [4.69, 9.17) is 0 Å². The molecule has 1 aliphatic carbocycles. The number of carbonyl (C=O) groups excluding carboxylic acids is 1. The van der Waals surface area contributed by atoms with Crippen LogP contribution in [0.15, 0.2) is 24.3 Å². The molecule has 1 aromatic carbocycles. The van der Waals surface area contributed by atoms with E-state index < -0.39 is 0 Å². The third-order valence-corrected chi connectivity index (χ3v) is 5.39. The van der Waals surface area contributed by atoms with Gasteiger partial charge in [0.15, 0.2) is 0 Å². The van der Waals surface area contributed by atoms with Crippen molar-refractivity contribution >= 4 is 18.3 Å². The van der Waals surface area contributed by atoms with E-state index in [1.54, 1.807) is 12.1 Å². The summed E-state index contributed by atoms with van der Waals surface area (Å²) < 4.78 is 13.5. The number of rotatable bonds is 4. The molecule has 2 N–H and O–H groups in total. The highest BCUT2D eigenvalue weighted by Crippen LogP contribution is 2.25. The fourth-order valence-electron chi connectivity index (χ4n) is 3.95. The maximum Gasteiger partial charge on any atom is 0.234 e. The lowest BCUT2D eigenvalue weighted by Gasteiger charge is -2.37. The number of nitrogens with zero attached hydrogens (tertiary/aromatic N) is 1. The van der Waals surface area contributed by atoms with Crippen molar-refractivity contribution in [2.24, 2.45) is 5.92 Å². The second-order valence-corrected chi connectivity index (χ2v) is 7.18. The van der Waals surface area contributed by atoms with Crippen LogP contribution in [0.5, 0.6) is 0 Å². The smallest absolute Gasteiger partial charge is 0.234 e. The van der Waals surface area contributed by atoms with Crippen molar-refractivity contribution in [3.8, 4) is 0 Å². The van der Waals surface area contributed by atoms with E-state index >= 15 is 0 Å². The molecular weight excluding hydrogens is 341 g/mol. The van der Waals surface area contributed by atoms with Gasteiger partial charge in [-0.25, -0.2) is 4.39 Å². The van der Waals surface area contributed by atoms with Crippen molar-refractivity contribution in [3.63, 3.8) is 0 Å². The first-order chi connectivity index (χ1) is 11.6. The van der Waals surface area contributed by atoms with Crippen LogP contribution in [-0.2, 0) is 4.79 Å². The van der Waals surface area contributed by atoms with Gasteiger partial charge >= 0.3 is 0 Å². The van der Waals surface area contributed by atoms with Crippen LogP contribution in [0.2, 0.25) is 0 Å². The maximum absolute atomic E-state index is 13.5. The van der Waals surface area contributed by atoms with Crippen LogP contribution >= 0.6 is 12.4 Å². The van der Waals surface area contributed by atoms with Crippen LogP contribution in [0.3, 0.4) is 0 Å². The number of amides is 1. The molecule has 3 unspecified atom stereocenters. The average molecular weight is 370 g/mol. The van der Waals surface area contributed by atoms with Gasteiger partial charge in [0.1, 0.15) is 5.82 Å². The molecule has 3 rings (SSSR count). The van der Waals surface area contributed by atoms with Gasteiger partial charge in [-0.05, 0) is 36.5 Å². The number of carbonyl (C=O) groups is 1. The van der Waals surface area contributed by atoms with Crippen LogP contribution in [0.4, 0.5) is 4.39 Å². The molecule has 4 nitrogen and oxygen atoms in total. The summed E-state index contributed by atoms with van der Waals surface area (Å²) in [6.07, 6.45) is 4.76. The predicted octanol–water partition coefficient (Wildman–Crippen LogP) is 2.89. The minimum absolute atomic E-state index is 0. The van der Waals surface area contributed by atoms with Gasteiger partial charge in [0, 0.05) is 31.7 Å². The Morgan fingerprint density at radius 1 is 1.36 bits per heavy atom. The van der Waals surface area contributed by atoms with E-state index in [1.165, 1.54) is 25.3 Å². The molecule has 1 heterocycles. The molecule has 140 valence electrons. The van der Waals surface area contributed by atoms with E-state index in [1.807, 2.05) is 6.07 Å². The molecule has 1 saturated heterocycles. The summed E-state index contributed by atoms with van der Waals surface area (Å²) in [4.78, 5) is 14.7. The second-order valence-electron chi connectivity index (χ2n) is 7.18. The Balaban J connectivity index is 0.00000225. The Morgan fingerprint density at radius 3 is 2.92 bits per heavy atom. The van der Waals surface area contributed by atoms with Crippen LogP contribution in [0, 0.1) is 11.7 Å². The number of benzene rings is 1. The fraction of sp³-hybridized carbons (Fsp3) is 0.632. The summed E-state index contributed by atoms with van der Waals surface area (Å²) >= 11 is 0. The molecule has 1 saturated carbocycles. The molecular formula is C19H29ClFN3O. The predicted molar refractivity (Wildman–Crippen MR) is 100 cm³/mol. The first-order valence-electron chi connectivity index (χ1n) is 9.13. The number of hydrogen-bond donors (Lipinski definition) is 2. The molecule has 2 fully saturated rings. The first-order valence-corrected chi connectivity index (χ1v) is 9.13. The SMILES string of the molecule is CC1CCCCC1NC(=O)CN1CCNCC1c1cccc(F)c1.Cl. The van der Waals surface area contributed by atoms with Gasteiger partial charge in [-0.2, -0.15) is 0 Å². The van der Waals surface area contributed by atoms with Crippen molar-refractivity contribution in [1.82, 2.24) is 15.5 Å². The number of hydrogen-bond acceptors (Lipinski definition) is 3. The topological polar surface area (TPSA) is 44.4 Å². The molecule has 1 aliphatic heterocycles. The summed E-state index contributed by atoms with van der Waals surface area (Å²) in [6.45, 7) is 5.01. The average Bonchev–Trinajstić information content (AvgIpc) is 2.57. The summed E-state index contributed by atoms with van der Waals surface area (Å²) in [5.41, 5.74) is 0.932. The summed E-state index contributed by atoms with van der Waals surface area (Å²) in [5, 5.41) is 6.57.